The monoisotopic (exact) mass is 512 g/mol. The number of phenols is 2. The minimum Gasteiger partial charge on any atom is -0.508 e. The number of hydrogen-bond acceptors (Lipinski definition) is 6. The van der Waals surface area contributed by atoms with Crippen LogP contribution < -0.4 is 18.9 Å². The molecule has 0 atom stereocenters. The van der Waals surface area contributed by atoms with Gasteiger partial charge in [-0.25, -0.2) is 0 Å². The highest BCUT2D eigenvalue weighted by atomic mass is 16.5. The maximum atomic E-state index is 9.40. The molecular weight excluding hydrogens is 480 g/mol. The number of phenolic OH excluding ortho intramolecular Hbond substituents is 2. The summed E-state index contributed by atoms with van der Waals surface area (Å²) < 4.78 is 20.9. The van der Waals surface area contributed by atoms with E-state index in [2.05, 4.69) is 0 Å². The molecule has 0 spiro atoms. The molecule has 0 aliphatic carbocycles. The van der Waals surface area contributed by atoms with Crippen LogP contribution in [0, 0.1) is 0 Å². The van der Waals surface area contributed by atoms with Crippen LogP contribution in [0.3, 0.4) is 0 Å². The van der Waals surface area contributed by atoms with E-state index in [4.69, 9.17) is 18.9 Å². The summed E-state index contributed by atoms with van der Waals surface area (Å²) in [5.74, 6) is 3.49. The average Bonchev–Trinajstić information content (AvgIpc) is 2.95. The lowest BCUT2D eigenvalue weighted by atomic mass is 10.1. The number of rotatable bonds is 8. The normalized spacial score (nSPS) is 10.6. The fraction of sp³-hybridized carbons (Fsp3) is 0.125. The molecule has 4 aromatic carbocycles. The van der Waals surface area contributed by atoms with Gasteiger partial charge in [-0.1, -0.05) is 48.6 Å². The Morgan fingerprint density at radius 2 is 0.737 bits per heavy atom. The zero-order valence-corrected chi connectivity index (χ0v) is 21.9. The highest BCUT2D eigenvalue weighted by molar-refractivity contribution is 5.72. The third kappa shape index (κ3) is 8.68. The Bertz CT molecular complexity index is 1240. The summed E-state index contributed by atoms with van der Waals surface area (Å²) >= 11 is 0. The summed E-state index contributed by atoms with van der Waals surface area (Å²) in [5.41, 5.74) is 3.81. The van der Waals surface area contributed by atoms with Crippen LogP contribution in [0.1, 0.15) is 22.3 Å². The van der Waals surface area contributed by atoms with Crippen LogP contribution >= 0.6 is 0 Å². The number of methoxy groups -OCH3 is 4. The summed E-state index contributed by atoms with van der Waals surface area (Å²) in [6.45, 7) is 0. The maximum Gasteiger partial charge on any atom is 0.123 e. The van der Waals surface area contributed by atoms with Crippen LogP contribution in [0.2, 0.25) is 0 Å². The van der Waals surface area contributed by atoms with Crippen molar-refractivity contribution >= 4 is 24.3 Å². The Morgan fingerprint density at radius 3 is 1.03 bits per heavy atom. The van der Waals surface area contributed by atoms with Crippen molar-refractivity contribution in [3.63, 3.8) is 0 Å². The van der Waals surface area contributed by atoms with E-state index in [9.17, 15) is 10.2 Å². The van der Waals surface area contributed by atoms with Crippen LogP contribution in [-0.2, 0) is 0 Å². The molecule has 0 amide bonds. The molecule has 0 saturated heterocycles. The maximum absolute atomic E-state index is 9.40. The van der Waals surface area contributed by atoms with E-state index < -0.39 is 0 Å². The van der Waals surface area contributed by atoms with Gasteiger partial charge in [-0.15, -0.1) is 0 Å². The van der Waals surface area contributed by atoms with Gasteiger partial charge in [0.2, 0.25) is 0 Å². The van der Waals surface area contributed by atoms with Gasteiger partial charge in [0.1, 0.15) is 34.5 Å². The predicted octanol–water partition coefficient (Wildman–Crippen LogP) is 7.16. The number of ether oxygens (including phenoxy) is 4. The van der Waals surface area contributed by atoms with Gasteiger partial charge in [-0.3, -0.25) is 0 Å². The molecule has 0 radical (unpaired) electrons. The smallest absolute Gasteiger partial charge is 0.123 e. The molecule has 0 aliphatic heterocycles. The third-order valence-corrected chi connectivity index (χ3v) is 5.42. The molecule has 4 rings (SSSR count). The molecule has 0 aromatic heterocycles. The van der Waals surface area contributed by atoms with Gasteiger partial charge < -0.3 is 29.2 Å². The molecule has 0 unspecified atom stereocenters. The van der Waals surface area contributed by atoms with Gasteiger partial charge in [0.15, 0.2) is 0 Å². The first-order chi connectivity index (χ1) is 18.4. The fourth-order valence-electron chi connectivity index (χ4n) is 3.49. The van der Waals surface area contributed by atoms with Crippen LogP contribution in [0.4, 0.5) is 0 Å². The largest absolute Gasteiger partial charge is 0.508 e. The van der Waals surface area contributed by atoms with Gasteiger partial charge in [-0.05, 0) is 70.8 Å². The first-order valence-corrected chi connectivity index (χ1v) is 11.8. The summed E-state index contributed by atoms with van der Waals surface area (Å²) in [6, 6.07) is 25.5. The molecule has 6 nitrogen and oxygen atoms in total. The van der Waals surface area contributed by atoms with E-state index in [0.717, 1.165) is 45.3 Å². The number of benzene rings is 4. The summed E-state index contributed by atoms with van der Waals surface area (Å²) in [5, 5.41) is 18.8. The van der Waals surface area contributed by atoms with Crippen molar-refractivity contribution in [1.82, 2.24) is 0 Å². The Morgan fingerprint density at radius 1 is 0.421 bits per heavy atom. The zero-order chi connectivity index (χ0) is 27.3. The van der Waals surface area contributed by atoms with Crippen molar-refractivity contribution in [3.8, 4) is 34.5 Å². The molecule has 0 saturated carbocycles. The average molecular weight is 513 g/mol. The summed E-state index contributed by atoms with van der Waals surface area (Å²) in [6.07, 6.45) is 7.74. The van der Waals surface area contributed by atoms with Gasteiger partial charge in [0, 0.05) is 12.1 Å². The second-order valence-electron chi connectivity index (χ2n) is 8.15. The second kappa shape index (κ2) is 14.0. The van der Waals surface area contributed by atoms with Crippen LogP contribution in [-0.4, -0.2) is 38.7 Å². The van der Waals surface area contributed by atoms with Crippen molar-refractivity contribution in [2.24, 2.45) is 0 Å². The SMILES string of the molecule is COc1cc(/C=C/c2cccc(O)c2)cc(OC)c1.COc1cc(/C=C/c2cccc(O)c2)cc(OC)c1. The van der Waals surface area contributed by atoms with Gasteiger partial charge in [0.05, 0.1) is 28.4 Å². The third-order valence-electron chi connectivity index (χ3n) is 5.42. The summed E-state index contributed by atoms with van der Waals surface area (Å²) in [7, 11) is 6.49. The van der Waals surface area contributed by atoms with E-state index in [0.29, 0.717) is 0 Å². The topological polar surface area (TPSA) is 77.4 Å². The van der Waals surface area contributed by atoms with Crippen molar-refractivity contribution in [1.29, 1.82) is 0 Å². The first-order valence-electron chi connectivity index (χ1n) is 11.8. The van der Waals surface area contributed by atoms with E-state index in [1.165, 1.54) is 0 Å². The fourth-order valence-corrected chi connectivity index (χ4v) is 3.49. The quantitative estimate of drug-likeness (QED) is 0.244. The van der Waals surface area contributed by atoms with Crippen molar-refractivity contribution in [2.45, 2.75) is 0 Å². The van der Waals surface area contributed by atoms with Crippen LogP contribution in [0.25, 0.3) is 24.3 Å². The van der Waals surface area contributed by atoms with E-state index >= 15 is 0 Å². The Kier molecular flexibility index (Phi) is 10.3. The van der Waals surface area contributed by atoms with Gasteiger partial charge in [-0.2, -0.15) is 0 Å². The van der Waals surface area contributed by atoms with E-state index in [-0.39, 0.29) is 11.5 Å². The molecule has 6 heteroatoms. The predicted molar refractivity (Wildman–Crippen MR) is 153 cm³/mol. The highest BCUT2D eigenvalue weighted by Crippen LogP contribution is 2.25. The summed E-state index contributed by atoms with van der Waals surface area (Å²) in [4.78, 5) is 0. The van der Waals surface area contributed by atoms with E-state index in [1.54, 1.807) is 64.8 Å². The van der Waals surface area contributed by atoms with Crippen molar-refractivity contribution in [3.05, 3.63) is 107 Å². The first kappa shape index (κ1) is 27.7. The minimum atomic E-state index is 0.255. The molecular formula is C32H32O6. The molecule has 4 aromatic rings. The lowest BCUT2D eigenvalue weighted by molar-refractivity contribution is 0.394. The Balaban J connectivity index is 0.000000211. The van der Waals surface area contributed by atoms with Crippen LogP contribution in [0.15, 0.2) is 84.9 Å². The number of aromatic hydroxyl groups is 2. The van der Waals surface area contributed by atoms with E-state index in [1.807, 2.05) is 72.8 Å². The second-order valence-corrected chi connectivity index (χ2v) is 8.15. The van der Waals surface area contributed by atoms with Gasteiger partial charge >= 0.3 is 0 Å². The molecule has 38 heavy (non-hydrogen) atoms. The number of hydrogen-bond donors (Lipinski definition) is 2. The molecule has 2 N–H and O–H groups in total. The lowest BCUT2D eigenvalue weighted by Crippen LogP contribution is -1.88. The van der Waals surface area contributed by atoms with Crippen molar-refractivity contribution < 1.29 is 29.2 Å². The minimum absolute atomic E-state index is 0.255. The standard InChI is InChI=1S/2C16H16O3/c2*1-18-15-9-13(10-16(11-15)19-2)7-6-12-4-3-5-14(17)8-12/h2*3-11,17H,1-2H3/b2*7-6+. The Labute approximate surface area is 223 Å². The van der Waals surface area contributed by atoms with Crippen molar-refractivity contribution in [2.75, 3.05) is 28.4 Å². The highest BCUT2D eigenvalue weighted by Gasteiger charge is 2.00. The molecule has 0 fully saturated rings. The van der Waals surface area contributed by atoms with Gasteiger partial charge in [0.25, 0.3) is 0 Å². The molecule has 196 valence electrons. The Hall–Kier alpha value is -4.84. The molecule has 0 heterocycles. The lowest BCUT2D eigenvalue weighted by Gasteiger charge is -2.05. The molecule has 0 aliphatic rings. The zero-order valence-electron chi connectivity index (χ0n) is 21.9. The van der Waals surface area contributed by atoms with Crippen LogP contribution in [0.5, 0.6) is 34.5 Å². The molecule has 0 bridgehead atoms.